The summed E-state index contributed by atoms with van der Waals surface area (Å²) in [5, 5.41) is 6.97. The number of rotatable bonds is 4. The van der Waals surface area contributed by atoms with Crippen LogP contribution in [0.2, 0.25) is 0 Å². The molecule has 0 fully saturated rings. The van der Waals surface area contributed by atoms with Crippen molar-refractivity contribution in [2.24, 2.45) is 0 Å². The molecule has 2 heterocycles. The maximum atomic E-state index is 4.76. The van der Waals surface area contributed by atoms with Crippen LogP contribution in [0.25, 0.3) is 38.7 Å². The van der Waals surface area contributed by atoms with E-state index in [1.165, 1.54) is 16.3 Å². The molecule has 0 amide bonds. The van der Waals surface area contributed by atoms with Gasteiger partial charge in [0.2, 0.25) is 0 Å². The van der Waals surface area contributed by atoms with Crippen LogP contribution in [-0.2, 0) is 0 Å². The first-order valence-corrected chi connectivity index (χ1v) is 10.7. The van der Waals surface area contributed by atoms with E-state index < -0.39 is 0 Å². The third-order valence-corrected chi connectivity index (χ3v) is 5.59. The first kappa shape index (κ1) is 17.8. The van der Waals surface area contributed by atoms with Crippen molar-refractivity contribution in [3.05, 3.63) is 84.8 Å². The number of nitrogens with one attached hydrogen (secondary N) is 1. The molecule has 0 aliphatic carbocycles. The van der Waals surface area contributed by atoms with Gasteiger partial charge in [0, 0.05) is 35.2 Å². The predicted octanol–water partition coefficient (Wildman–Crippen LogP) is 6.21. The Morgan fingerprint density at radius 2 is 1.62 bits per heavy atom. The fourth-order valence-electron chi connectivity index (χ4n) is 3.69. The molecule has 0 aliphatic rings. The summed E-state index contributed by atoms with van der Waals surface area (Å²) in [5.74, 6) is 0. The first-order chi connectivity index (χ1) is 14.2. The average Bonchev–Trinajstić information content (AvgIpc) is 3.18. The lowest BCUT2D eigenvalue weighted by atomic mass is 9.99. The van der Waals surface area contributed by atoms with Gasteiger partial charge in [0.05, 0.1) is 11.9 Å². The molecule has 0 saturated carbocycles. The number of aromatic nitrogens is 3. The summed E-state index contributed by atoms with van der Waals surface area (Å²) < 4.78 is 5.24. The molecule has 0 unspecified atom stereocenters. The predicted molar refractivity (Wildman–Crippen MR) is 123 cm³/mol. The van der Waals surface area contributed by atoms with Crippen molar-refractivity contribution in [2.45, 2.75) is 6.92 Å². The van der Waals surface area contributed by atoms with E-state index in [1.807, 2.05) is 29.4 Å². The van der Waals surface area contributed by atoms with Gasteiger partial charge < -0.3 is 4.72 Å². The van der Waals surface area contributed by atoms with Gasteiger partial charge in [-0.1, -0.05) is 72.1 Å². The van der Waals surface area contributed by atoms with E-state index in [0.717, 1.165) is 33.6 Å². The average molecular weight is 397 g/mol. The van der Waals surface area contributed by atoms with Crippen LogP contribution in [-0.4, -0.2) is 20.9 Å². The van der Waals surface area contributed by atoms with E-state index in [1.54, 1.807) is 11.9 Å². The number of fused-ring (bicyclic) bond motifs is 2. The van der Waals surface area contributed by atoms with Crippen LogP contribution in [0.4, 0.5) is 5.69 Å². The third kappa shape index (κ3) is 3.13. The van der Waals surface area contributed by atoms with Gasteiger partial charge in [0.25, 0.3) is 0 Å². The molecule has 0 atom stereocenters. The number of anilines is 1. The van der Waals surface area contributed by atoms with Gasteiger partial charge in [-0.2, -0.15) is 5.10 Å². The normalized spacial score (nSPS) is 11.2. The number of aryl methyl sites for hydroxylation is 1. The van der Waals surface area contributed by atoms with Gasteiger partial charge in [0.15, 0.2) is 5.65 Å². The highest BCUT2D eigenvalue weighted by molar-refractivity contribution is 7.99. The second-order valence-corrected chi connectivity index (χ2v) is 7.66. The van der Waals surface area contributed by atoms with Crippen LogP contribution in [0.15, 0.2) is 79.3 Å². The molecule has 1 N–H and O–H groups in total. The molecule has 0 aliphatic heterocycles. The molecule has 29 heavy (non-hydrogen) atoms. The van der Waals surface area contributed by atoms with Gasteiger partial charge in [-0.25, -0.2) is 9.50 Å². The van der Waals surface area contributed by atoms with E-state index >= 15 is 0 Å². The molecule has 0 bridgehead atoms. The number of nitrogens with zero attached hydrogens (tertiary/aromatic N) is 3. The summed E-state index contributed by atoms with van der Waals surface area (Å²) in [6, 6.07) is 21.2. The molecule has 0 saturated heterocycles. The maximum Gasteiger partial charge on any atom is 0.162 e. The fraction of sp³-hybridized carbons (Fsp3) is 0.0833. The molecule has 0 radical (unpaired) electrons. The standard InChI is InChI=1S/C24H20N4S/c1-16-7-9-17(10-8-16)18-13-25-24-22(14-26-28(24)15-18)20-11-12-23(27-29-2)21-6-4-3-5-19(20)21/h3-15,27H,1-2H3. The van der Waals surface area contributed by atoms with Crippen LogP contribution in [0.3, 0.4) is 0 Å². The van der Waals surface area contributed by atoms with Gasteiger partial charge in [-0.3, -0.25) is 0 Å². The summed E-state index contributed by atoms with van der Waals surface area (Å²) in [4.78, 5) is 4.76. The van der Waals surface area contributed by atoms with Crippen molar-refractivity contribution >= 4 is 34.1 Å². The lowest BCUT2D eigenvalue weighted by molar-refractivity contribution is 0.941. The zero-order valence-corrected chi connectivity index (χ0v) is 17.1. The van der Waals surface area contributed by atoms with Crippen molar-refractivity contribution in [2.75, 3.05) is 11.0 Å². The highest BCUT2D eigenvalue weighted by atomic mass is 32.2. The molecule has 5 aromatic rings. The quantitative estimate of drug-likeness (QED) is 0.367. The number of hydrogen-bond acceptors (Lipinski definition) is 4. The van der Waals surface area contributed by atoms with Crippen molar-refractivity contribution in [1.29, 1.82) is 0 Å². The molecule has 5 heteroatoms. The van der Waals surface area contributed by atoms with Crippen molar-refractivity contribution in [3.8, 4) is 22.3 Å². The summed E-state index contributed by atoms with van der Waals surface area (Å²) in [6.07, 6.45) is 7.91. The Labute approximate surface area is 173 Å². The Balaban J connectivity index is 1.65. The second-order valence-electron chi connectivity index (χ2n) is 7.05. The van der Waals surface area contributed by atoms with Gasteiger partial charge in [-0.05, 0) is 29.5 Å². The third-order valence-electron chi connectivity index (χ3n) is 5.17. The van der Waals surface area contributed by atoms with Gasteiger partial charge in [-0.15, -0.1) is 0 Å². The summed E-state index contributed by atoms with van der Waals surface area (Å²) in [7, 11) is 0. The largest absolute Gasteiger partial charge is 0.329 e. The molecule has 0 spiro atoms. The van der Waals surface area contributed by atoms with E-state index in [4.69, 9.17) is 4.98 Å². The molecule has 3 aromatic carbocycles. The summed E-state index contributed by atoms with van der Waals surface area (Å²) in [5.41, 5.74) is 7.58. The molecular formula is C24H20N4S. The lowest BCUT2D eigenvalue weighted by Crippen LogP contribution is -1.93. The van der Waals surface area contributed by atoms with Crippen LogP contribution in [0.1, 0.15) is 5.56 Å². The topological polar surface area (TPSA) is 42.2 Å². The van der Waals surface area contributed by atoms with E-state index in [9.17, 15) is 0 Å². The zero-order valence-electron chi connectivity index (χ0n) is 16.3. The lowest BCUT2D eigenvalue weighted by Gasteiger charge is -2.11. The van der Waals surface area contributed by atoms with E-state index in [0.29, 0.717) is 0 Å². The van der Waals surface area contributed by atoms with E-state index in [2.05, 4.69) is 77.4 Å². The molecule has 4 nitrogen and oxygen atoms in total. The van der Waals surface area contributed by atoms with Crippen LogP contribution in [0.5, 0.6) is 0 Å². The molecule has 2 aromatic heterocycles. The van der Waals surface area contributed by atoms with Crippen LogP contribution in [0, 0.1) is 6.92 Å². The van der Waals surface area contributed by atoms with Gasteiger partial charge >= 0.3 is 0 Å². The van der Waals surface area contributed by atoms with Crippen molar-refractivity contribution in [3.63, 3.8) is 0 Å². The molecule has 5 rings (SSSR count). The maximum absolute atomic E-state index is 4.76. The monoisotopic (exact) mass is 396 g/mol. The Hall–Kier alpha value is -3.31. The van der Waals surface area contributed by atoms with Crippen LogP contribution >= 0.6 is 11.9 Å². The highest BCUT2D eigenvalue weighted by Gasteiger charge is 2.13. The molecule has 142 valence electrons. The van der Waals surface area contributed by atoms with Crippen LogP contribution < -0.4 is 4.72 Å². The number of hydrogen-bond donors (Lipinski definition) is 1. The highest BCUT2D eigenvalue weighted by Crippen LogP contribution is 2.35. The Morgan fingerprint density at radius 3 is 2.41 bits per heavy atom. The Morgan fingerprint density at radius 1 is 0.828 bits per heavy atom. The minimum absolute atomic E-state index is 0.858. The van der Waals surface area contributed by atoms with Crippen molar-refractivity contribution in [1.82, 2.24) is 14.6 Å². The minimum atomic E-state index is 0.858. The van der Waals surface area contributed by atoms with Crippen molar-refractivity contribution < 1.29 is 0 Å². The zero-order chi connectivity index (χ0) is 19.8. The first-order valence-electron chi connectivity index (χ1n) is 9.46. The Kier molecular flexibility index (Phi) is 4.45. The minimum Gasteiger partial charge on any atom is -0.329 e. The van der Waals surface area contributed by atoms with E-state index in [-0.39, 0.29) is 0 Å². The Bertz CT molecular complexity index is 1320. The summed E-state index contributed by atoms with van der Waals surface area (Å²) in [6.45, 7) is 2.09. The smallest absolute Gasteiger partial charge is 0.162 e. The summed E-state index contributed by atoms with van der Waals surface area (Å²) >= 11 is 1.60. The molecular weight excluding hydrogens is 376 g/mol. The second kappa shape index (κ2) is 7.26. The SMILES string of the molecule is CSNc1ccc(-c2cnn3cc(-c4ccc(C)cc4)cnc23)c2ccccc12. The van der Waals surface area contributed by atoms with Gasteiger partial charge in [0.1, 0.15) is 0 Å². The fourth-order valence-corrected chi connectivity index (χ4v) is 4.09. The number of benzene rings is 3.